The third-order valence-corrected chi connectivity index (χ3v) is 4.32. The van der Waals surface area contributed by atoms with Gasteiger partial charge in [-0.3, -0.25) is 4.99 Å². The molecular weight excluding hydrogens is 469 g/mol. The lowest BCUT2D eigenvalue weighted by Crippen LogP contribution is -2.39. The van der Waals surface area contributed by atoms with E-state index in [0.717, 1.165) is 35.1 Å². The molecule has 0 amide bonds. The summed E-state index contributed by atoms with van der Waals surface area (Å²) in [5.74, 6) is 2.33. The van der Waals surface area contributed by atoms with Crippen molar-refractivity contribution in [3.05, 3.63) is 59.7 Å². The van der Waals surface area contributed by atoms with Crippen LogP contribution >= 0.6 is 24.0 Å². The molecule has 0 saturated carbocycles. The van der Waals surface area contributed by atoms with Gasteiger partial charge in [0.2, 0.25) is 6.79 Å². The number of hydrogen-bond donors (Lipinski definition) is 2. The fourth-order valence-electron chi connectivity index (χ4n) is 3.00. The van der Waals surface area contributed by atoms with Crippen molar-refractivity contribution in [2.24, 2.45) is 4.99 Å². The van der Waals surface area contributed by atoms with Crippen molar-refractivity contribution in [1.29, 1.82) is 0 Å². The van der Waals surface area contributed by atoms with Crippen LogP contribution < -0.4 is 14.8 Å². The van der Waals surface area contributed by atoms with E-state index in [9.17, 15) is 5.11 Å². The fraction of sp³-hybridized carbons (Fsp3) is 0.381. The first-order chi connectivity index (χ1) is 13.2. The van der Waals surface area contributed by atoms with Crippen molar-refractivity contribution in [2.75, 3.05) is 26.9 Å². The standard InChI is InChI=1S/C21H27N3O3.HI/c1-3-22-21(23-13-18(25)11-16-7-5-4-6-8-16)24(2)14-17-9-10-19-20(12-17)27-15-26-19;/h4-10,12,18,25H,3,11,13-15H2,1-2H3,(H,22,23);1H. The maximum atomic E-state index is 10.3. The van der Waals surface area contributed by atoms with E-state index in [1.54, 1.807) is 0 Å². The summed E-state index contributed by atoms with van der Waals surface area (Å²) in [5.41, 5.74) is 2.22. The number of nitrogens with one attached hydrogen (secondary N) is 1. The Morgan fingerprint density at radius 3 is 2.64 bits per heavy atom. The van der Waals surface area contributed by atoms with Crippen LogP contribution in [0.3, 0.4) is 0 Å². The minimum absolute atomic E-state index is 0. The summed E-state index contributed by atoms with van der Waals surface area (Å²) in [6.45, 7) is 4.10. The smallest absolute Gasteiger partial charge is 0.231 e. The van der Waals surface area contributed by atoms with Crippen LogP contribution in [-0.2, 0) is 13.0 Å². The Bertz CT molecular complexity index is 771. The van der Waals surface area contributed by atoms with Gasteiger partial charge in [0.15, 0.2) is 17.5 Å². The van der Waals surface area contributed by atoms with Gasteiger partial charge in [-0.05, 0) is 30.2 Å². The first-order valence-corrected chi connectivity index (χ1v) is 9.25. The lowest BCUT2D eigenvalue weighted by atomic mass is 10.1. The molecule has 1 aliphatic rings. The van der Waals surface area contributed by atoms with Crippen LogP contribution in [0.4, 0.5) is 0 Å². The molecule has 1 atom stereocenters. The summed E-state index contributed by atoms with van der Waals surface area (Å²) in [7, 11) is 1.98. The van der Waals surface area contributed by atoms with Crippen LogP contribution in [0.15, 0.2) is 53.5 Å². The Morgan fingerprint density at radius 2 is 1.89 bits per heavy atom. The van der Waals surface area contributed by atoms with Gasteiger partial charge in [0.05, 0.1) is 12.6 Å². The number of aliphatic hydroxyl groups excluding tert-OH is 1. The molecule has 1 aliphatic heterocycles. The molecular formula is C21H28IN3O3. The van der Waals surface area contributed by atoms with Crippen molar-refractivity contribution < 1.29 is 14.6 Å². The maximum absolute atomic E-state index is 10.3. The Hall–Kier alpha value is -2.00. The van der Waals surface area contributed by atoms with Gasteiger partial charge in [-0.15, -0.1) is 24.0 Å². The van der Waals surface area contributed by atoms with Gasteiger partial charge in [-0.2, -0.15) is 0 Å². The van der Waals surface area contributed by atoms with Crippen molar-refractivity contribution in [1.82, 2.24) is 10.2 Å². The maximum Gasteiger partial charge on any atom is 0.231 e. The number of guanidine groups is 1. The molecule has 6 nitrogen and oxygen atoms in total. The molecule has 1 unspecified atom stereocenters. The molecule has 0 aromatic heterocycles. The van der Waals surface area contributed by atoms with Gasteiger partial charge < -0.3 is 24.8 Å². The van der Waals surface area contributed by atoms with Gasteiger partial charge >= 0.3 is 0 Å². The monoisotopic (exact) mass is 497 g/mol. The van der Waals surface area contributed by atoms with Crippen LogP contribution in [-0.4, -0.2) is 49.0 Å². The van der Waals surface area contributed by atoms with Gasteiger partial charge in [-0.1, -0.05) is 36.4 Å². The fourth-order valence-corrected chi connectivity index (χ4v) is 3.00. The molecule has 1 heterocycles. The Labute approximate surface area is 183 Å². The predicted octanol–water partition coefficient (Wildman–Crippen LogP) is 3.03. The molecule has 2 N–H and O–H groups in total. The SMILES string of the molecule is CCNC(=NCC(O)Cc1ccccc1)N(C)Cc1ccc2c(c1)OCO2.I. The summed E-state index contributed by atoms with van der Waals surface area (Å²) in [6, 6.07) is 15.9. The summed E-state index contributed by atoms with van der Waals surface area (Å²) in [6.07, 6.45) is 0.0790. The zero-order valence-electron chi connectivity index (χ0n) is 16.3. The van der Waals surface area contributed by atoms with E-state index in [1.165, 1.54) is 0 Å². The van der Waals surface area contributed by atoms with Crippen LogP contribution in [0.1, 0.15) is 18.1 Å². The Balaban J connectivity index is 0.00000280. The molecule has 0 saturated heterocycles. The number of benzene rings is 2. The normalized spacial score (nSPS) is 13.6. The first-order valence-electron chi connectivity index (χ1n) is 9.25. The second kappa shape index (κ2) is 11.1. The third kappa shape index (κ3) is 6.27. The van der Waals surface area contributed by atoms with Crippen molar-refractivity contribution in [2.45, 2.75) is 26.0 Å². The lowest BCUT2D eigenvalue weighted by Gasteiger charge is -2.23. The topological polar surface area (TPSA) is 66.3 Å². The number of hydrogen-bond acceptors (Lipinski definition) is 4. The van der Waals surface area contributed by atoms with E-state index in [1.807, 2.05) is 67.4 Å². The average Bonchev–Trinajstić information content (AvgIpc) is 3.13. The van der Waals surface area contributed by atoms with E-state index < -0.39 is 6.10 Å². The van der Waals surface area contributed by atoms with E-state index in [2.05, 4.69) is 10.3 Å². The summed E-state index contributed by atoms with van der Waals surface area (Å²) in [4.78, 5) is 6.64. The summed E-state index contributed by atoms with van der Waals surface area (Å²) in [5, 5.41) is 13.6. The molecule has 0 aliphatic carbocycles. The summed E-state index contributed by atoms with van der Waals surface area (Å²) < 4.78 is 10.8. The van der Waals surface area contributed by atoms with Crippen molar-refractivity contribution in [3.63, 3.8) is 0 Å². The van der Waals surface area contributed by atoms with E-state index in [4.69, 9.17) is 9.47 Å². The van der Waals surface area contributed by atoms with Gasteiger partial charge in [0.25, 0.3) is 0 Å². The van der Waals surface area contributed by atoms with Crippen LogP contribution in [0.25, 0.3) is 0 Å². The van der Waals surface area contributed by atoms with Crippen LogP contribution in [0.5, 0.6) is 11.5 Å². The zero-order valence-corrected chi connectivity index (χ0v) is 18.6. The molecule has 2 aromatic carbocycles. The molecule has 7 heteroatoms. The lowest BCUT2D eigenvalue weighted by molar-refractivity contribution is 0.174. The largest absolute Gasteiger partial charge is 0.454 e. The molecule has 152 valence electrons. The van der Waals surface area contributed by atoms with E-state index >= 15 is 0 Å². The Morgan fingerprint density at radius 1 is 1.14 bits per heavy atom. The highest BCUT2D eigenvalue weighted by molar-refractivity contribution is 14.0. The number of halogens is 1. The molecule has 3 rings (SSSR count). The number of fused-ring (bicyclic) bond motifs is 1. The minimum Gasteiger partial charge on any atom is -0.454 e. The molecule has 0 spiro atoms. The quantitative estimate of drug-likeness (QED) is 0.350. The number of aliphatic imine (C=N–C) groups is 1. The third-order valence-electron chi connectivity index (χ3n) is 4.32. The van der Waals surface area contributed by atoms with Gasteiger partial charge in [-0.25, -0.2) is 0 Å². The van der Waals surface area contributed by atoms with Gasteiger partial charge in [0, 0.05) is 26.6 Å². The highest BCUT2D eigenvalue weighted by atomic mass is 127. The number of ether oxygens (including phenoxy) is 2. The zero-order chi connectivity index (χ0) is 19.1. The van der Waals surface area contributed by atoms with Gasteiger partial charge in [0.1, 0.15) is 0 Å². The van der Waals surface area contributed by atoms with Crippen LogP contribution in [0, 0.1) is 0 Å². The van der Waals surface area contributed by atoms with E-state index in [0.29, 0.717) is 19.5 Å². The highest BCUT2D eigenvalue weighted by Gasteiger charge is 2.15. The second-order valence-electron chi connectivity index (χ2n) is 6.58. The number of rotatable bonds is 7. The molecule has 0 radical (unpaired) electrons. The molecule has 0 fully saturated rings. The number of nitrogens with zero attached hydrogens (tertiary/aromatic N) is 2. The average molecular weight is 497 g/mol. The van der Waals surface area contributed by atoms with Crippen molar-refractivity contribution in [3.8, 4) is 11.5 Å². The van der Waals surface area contributed by atoms with Crippen molar-refractivity contribution >= 4 is 29.9 Å². The molecule has 28 heavy (non-hydrogen) atoms. The second-order valence-corrected chi connectivity index (χ2v) is 6.58. The summed E-state index contributed by atoms with van der Waals surface area (Å²) >= 11 is 0. The van der Waals surface area contributed by atoms with Crippen LogP contribution in [0.2, 0.25) is 0 Å². The highest BCUT2D eigenvalue weighted by Crippen LogP contribution is 2.32. The molecule has 0 bridgehead atoms. The van der Waals surface area contributed by atoms with E-state index in [-0.39, 0.29) is 30.8 Å². The predicted molar refractivity (Wildman–Crippen MR) is 122 cm³/mol. The molecule has 2 aromatic rings. The minimum atomic E-state index is -0.514. The number of aliphatic hydroxyl groups is 1. The first kappa shape index (κ1) is 22.3. The Kier molecular flexibility index (Phi) is 8.85.